The van der Waals surface area contributed by atoms with E-state index < -0.39 is 0 Å². The maximum absolute atomic E-state index is 13.3. The molecule has 2 N–H and O–H groups in total. The zero-order valence-corrected chi connectivity index (χ0v) is 15.8. The van der Waals surface area contributed by atoms with Crippen LogP contribution in [0.25, 0.3) is 11.0 Å². The fourth-order valence-corrected chi connectivity index (χ4v) is 3.36. The zero-order chi connectivity index (χ0) is 20.1. The Bertz CT molecular complexity index is 1060. The number of nitrogens with zero attached hydrogens (tertiary/aromatic N) is 2. The first-order chi connectivity index (χ1) is 14.2. The van der Waals surface area contributed by atoms with Crippen molar-refractivity contribution in [3.63, 3.8) is 0 Å². The molecule has 4 rings (SSSR count). The first kappa shape index (κ1) is 18.8. The molecular weight excluding hydrogens is 367 g/mol. The van der Waals surface area contributed by atoms with Crippen LogP contribution >= 0.6 is 0 Å². The van der Waals surface area contributed by atoms with E-state index in [4.69, 9.17) is 0 Å². The first-order valence-corrected chi connectivity index (χ1v) is 9.57. The summed E-state index contributed by atoms with van der Waals surface area (Å²) >= 11 is 0. The molecule has 1 amide bonds. The van der Waals surface area contributed by atoms with Gasteiger partial charge in [0.2, 0.25) is 5.91 Å². The second-order valence-electron chi connectivity index (χ2n) is 6.89. The molecular formula is C23H21FN4O. The molecule has 2 aromatic carbocycles. The molecule has 29 heavy (non-hydrogen) atoms. The SMILES string of the molecule is O=C(CCCc1nc2ccc(F)cc2[nH]1)NC(c1ccccc1)c1ccncc1. The highest BCUT2D eigenvalue weighted by atomic mass is 19.1. The highest BCUT2D eigenvalue weighted by Gasteiger charge is 2.16. The highest BCUT2D eigenvalue weighted by molar-refractivity contribution is 5.77. The minimum atomic E-state index is -0.296. The largest absolute Gasteiger partial charge is 0.345 e. The minimum absolute atomic E-state index is 0.0298. The summed E-state index contributed by atoms with van der Waals surface area (Å²) in [6.07, 6.45) is 5.09. The second-order valence-corrected chi connectivity index (χ2v) is 6.89. The van der Waals surface area contributed by atoms with E-state index in [0.717, 1.165) is 22.5 Å². The number of hydrogen-bond donors (Lipinski definition) is 2. The summed E-state index contributed by atoms with van der Waals surface area (Å²) in [6.45, 7) is 0. The number of fused-ring (bicyclic) bond motifs is 1. The van der Waals surface area contributed by atoms with Crippen molar-refractivity contribution in [2.24, 2.45) is 0 Å². The number of hydrogen-bond acceptors (Lipinski definition) is 3. The fourth-order valence-electron chi connectivity index (χ4n) is 3.36. The van der Waals surface area contributed by atoms with Crippen LogP contribution in [-0.4, -0.2) is 20.9 Å². The van der Waals surface area contributed by atoms with Crippen molar-refractivity contribution in [1.82, 2.24) is 20.3 Å². The number of aromatic amines is 1. The van der Waals surface area contributed by atoms with Crippen molar-refractivity contribution in [2.45, 2.75) is 25.3 Å². The van der Waals surface area contributed by atoms with Gasteiger partial charge in [-0.15, -0.1) is 0 Å². The Labute approximate surface area is 168 Å². The van der Waals surface area contributed by atoms with Crippen molar-refractivity contribution < 1.29 is 9.18 Å². The van der Waals surface area contributed by atoms with Crippen LogP contribution in [0.15, 0.2) is 73.1 Å². The summed E-state index contributed by atoms with van der Waals surface area (Å²) in [7, 11) is 0. The summed E-state index contributed by atoms with van der Waals surface area (Å²) in [6, 6.07) is 17.9. The Morgan fingerprint density at radius 3 is 2.59 bits per heavy atom. The number of carbonyl (C=O) groups excluding carboxylic acids is 1. The van der Waals surface area contributed by atoms with Gasteiger partial charge in [-0.1, -0.05) is 30.3 Å². The van der Waals surface area contributed by atoms with Crippen molar-refractivity contribution in [3.05, 3.63) is 95.8 Å². The third-order valence-corrected chi connectivity index (χ3v) is 4.79. The van der Waals surface area contributed by atoms with Crippen LogP contribution < -0.4 is 5.32 Å². The molecule has 146 valence electrons. The van der Waals surface area contributed by atoms with E-state index in [9.17, 15) is 9.18 Å². The van der Waals surface area contributed by atoms with Gasteiger partial charge in [0.25, 0.3) is 0 Å². The third kappa shape index (κ3) is 4.66. The Morgan fingerprint density at radius 1 is 1.03 bits per heavy atom. The van der Waals surface area contributed by atoms with E-state index in [1.54, 1.807) is 18.5 Å². The fraction of sp³-hybridized carbons (Fsp3) is 0.174. The van der Waals surface area contributed by atoms with Gasteiger partial charge >= 0.3 is 0 Å². The molecule has 0 aliphatic heterocycles. The summed E-state index contributed by atoms with van der Waals surface area (Å²) in [5, 5.41) is 3.12. The number of H-pyrrole nitrogens is 1. The number of benzene rings is 2. The van der Waals surface area contributed by atoms with Gasteiger partial charge in [-0.05, 0) is 47.9 Å². The topological polar surface area (TPSA) is 70.7 Å². The second kappa shape index (κ2) is 8.65. The molecule has 0 spiro atoms. The number of pyridine rings is 1. The lowest BCUT2D eigenvalue weighted by atomic mass is 9.99. The van der Waals surface area contributed by atoms with E-state index in [-0.39, 0.29) is 17.8 Å². The number of carbonyl (C=O) groups is 1. The van der Waals surface area contributed by atoms with Crippen LogP contribution in [0.2, 0.25) is 0 Å². The molecule has 0 saturated carbocycles. The molecule has 0 aliphatic carbocycles. The molecule has 2 heterocycles. The van der Waals surface area contributed by atoms with Crippen LogP contribution in [-0.2, 0) is 11.2 Å². The number of rotatable bonds is 7. The van der Waals surface area contributed by atoms with E-state index in [0.29, 0.717) is 24.8 Å². The lowest BCUT2D eigenvalue weighted by Crippen LogP contribution is -2.29. The molecule has 6 heteroatoms. The molecule has 1 atom stereocenters. The smallest absolute Gasteiger partial charge is 0.220 e. The summed E-state index contributed by atoms with van der Waals surface area (Å²) < 4.78 is 13.3. The van der Waals surface area contributed by atoms with Gasteiger partial charge in [-0.25, -0.2) is 9.37 Å². The van der Waals surface area contributed by atoms with Crippen LogP contribution in [0.5, 0.6) is 0 Å². The molecule has 5 nitrogen and oxygen atoms in total. The number of nitrogens with one attached hydrogen (secondary N) is 2. The van der Waals surface area contributed by atoms with Gasteiger partial charge in [0.15, 0.2) is 0 Å². The van der Waals surface area contributed by atoms with E-state index >= 15 is 0 Å². The van der Waals surface area contributed by atoms with Crippen molar-refractivity contribution in [3.8, 4) is 0 Å². The highest BCUT2D eigenvalue weighted by Crippen LogP contribution is 2.21. The number of halogens is 1. The van der Waals surface area contributed by atoms with E-state index in [2.05, 4.69) is 20.3 Å². The van der Waals surface area contributed by atoms with Crippen LogP contribution in [0, 0.1) is 5.82 Å². The monoisotopic (exact) mass is 388 g/mol. The van der Waals surface area contributed by atoms with Crippen LogP contribution in [0.3, 0.4) is 0 Å². The average molecular weight is 388 g/mol. The Balaban J connectivity index is 1.39. The van der Waals surface area contributed by atoms with Gasteiger partial charge in [0, 0.05) is 25.2 Å². The lowest BCUT2D eigenvalue weighted by molar-refractivity contribution is -0.121. The van der Waals surface area contributed by atoms with Crippen molar-refractivity contribution in [1.29, 1.82) is 0 Å². The zero-order valence-electron chi connectivity index (χ0n) is 15.8. The summed E-state index contributed by atoms with van der Waals surface area (Å²) in [5.41, 5.74) is 3.41. The number of aromatic nitrogens is 3. The minimum Gasteiger partial charge on any atom is -0.345 e. The van der Waals surface area contributed by atoms with Gasteiger partial charge < -0.3 is 10.3 Å². The van der Waals surface area contributed by atoms with Gasteiger partial charge in [0.05, 0.1) is 17.1 Å². The molecule has 0 saturated heterocycles. The third-order valence-electron chi connectivity index (χ3n) is 4.79. The van der Waals surface area contributed by atoms with Crippen molar-refractivity contribution in [2.75, 3.05) is 0 Å². The molecule has 0 fully saturated rings. The molecule has 2 aromatic heterocycles. The maximum Gasteiger partial charge on any atom is 0.220 e. The van der Waals surface area contributed by atoms with Crippen molar-refractivity contribution >= 4 is 16.9 Å². The number of amides is 1. The predicted octanol–water partition coefficient (Wildman–Crippen LogP) is 4.33. The van der Waals surface area contributed by atoms with Crippen LogP contribution in [0.1, 0.15) is 35.8 Å². The Morgan fingerprint density at radius 2 is 1.79 bits per heavy atom. The standard InChI is InChI=1S/C23H21FN4O/c24-18-9-10-19-20(15-18)27-21(26-19)7-4-8-22(29)28-23(16-5-2-1-3-6-16)17-11-13-25-14-12-17/h1-3,5-6,9-15,23H,4,7-8H2,(H,26,27)(H,28,29). The lowest BCUT2D eigenvalue weighted by Gasteiger charge is -2.19. The molecule has 1 unspecified atom stereocenters. The molecule has 0 bridgehead atoms. The first-order valence-electron chi connectivity index (χ1n) is 9.57. The Hall–Kier alpha value is -3.54. The normalized spacial score (nSPS) is 12.0. The molecule has 4 aromatic rings. The summed E-state index contributed by atoms with van der Waals surface area (Å²) in [5.74, 6) is 0.431. The van der Waals surface area contributed by atoms with E-state index in [1.807, 2.05) is 42.5 Å². The predicted molar refractivity (Wildman–Crippen MR) is 110 cm³/mol. The Kier molecular flexibility index (Phi) is 5.61. The molecule has 0 radical (unpaired) electrons. The van der Waals surface area contributed by atoms with Gasteiger partial charge in [0.1, 0.15) is 11.6 Å². The average Bonchev–Trinajstić information content (AvgIpc) is 3.15. The van der Waals surface area contributed by atoms with Gasteiger partial charge in [-0.3, -0.25) is 9.78 Å². The quantitative estimate of drug-likeness (QED) is 0.495. The van der Waals surface area contributed by atoms with E-state index in [1.165, 1.54) is 12.1 Å². The summed E-state index contributed by atoms with van der Waals surface area (Å²) in [4.78, 5) is 24.2. The number of aryl methyl sites for hydroxylation is 1. The maximum atomic E-state index is 13.3. The number of imidazole rings is 1. The molecule has 0 aliphatic rings. The van der Waals surface area contributed by atoms with Crippen LogP contribution in [0.4, 0.5) is 4.39 Å². The van der Waals surface area contributed by atoms with Gasteiger partial charge in [-0.2, -0.15) is 0 Å².